The van der Waals surface area contributed by atoms with Crippen molar-refractivity contribution >= 4 is 17.4 Å². The summed E-state index contributed by atoms with van der Waals surface area (Å²) < 4.78 is 6.39. The van der Waals surface area contributed by atoms with Crippen molar-refractivity contribution in [1.29, 1.82) is 0 Å². The fourth-order valence-corrected chi connectivity index (χ4v) is 2.26. The Kier molecular flexibility index (Phi) is 3.33. The lowest BCUT2D eigenvalue weighted by molar-refractivity contribution is -0.0692. The Labute approximate surface area is 108 Å². The van der Waals surface area contributed by atoms with Crippen LogP contribution in [0.3, 0.4) is 0 Å². The molecule has 4 N–H and O–H groups in total. The standard InChI is InChI=1S/C10H14ClN3O4/c1-5-3-14(9(17)13-8(5)12)10(11)2-6(16)7(4-15)18-10/h3,6-7,15-16H,2,4H2,1H3,(H2,12,13,17)/t6-,7+,10-/m0/s1. The molecule has 1 aromatic heterocycles. The second-order valence-electron chi connectivity index (χ2n) is 4.26. The number of nitrogens with zero attached hydrogens (tertiary/aromatic N) is 2. The number of rotatable bonds is 2. The van der Waals surface area contributed by atoms with Crippen molar-refractivity contribution in [3.05, 3.63) is 22.2 Å². The Hall–Kier alpha value is -1.15. The van der Waals surface area contributed by atoms with E-state index in [4.69, 9.17) is 27.2 Å². The molecule has 0 aromatic carbocycles. The highest BCUT2D eigenvalue weighted by Gasteiger charge is 2.46. The van der Waals surface area contributed by atoms with Crippen molar-refractivity contribution in [1.82, 2.24) is 9.55 Å². The molecule has 1 fully saturated rings. The molecule has 0 unspecified atom stereocenters. The Morgan fingerprint density at radius 3 is 3.00 bits per heavy atom. The number of aliphatic hydroxyl groups is 2. The summed E-state index contributed by atoms with van der Waals surface area (Å²) in [4.78, 5) is 15.4. The number of ether oxygens (including phenoxy) is 1. The lowest BCUT2D eigenvalue weighted by Crippen LogP contribution is -2.38. The van der Waals surface area contributed by atoms with E-state index in [1.165, 1.54) is 6.20 Å². The van der Waals surface area contributed by atoms with Crippen LogP contribution in [0.25, 0.3) is 0 Å². The Morgan fingerprint density at radius 1 is 1.78 bits per heavy atom. The van der Waals surface area contributed by atoms with Gasteiger partial charge in [0, 0.05) is 18.2 Å². The fourth-order valence-electron chi connectivity index (χ4n) is 1.86. The van der Waals surface area contributed by atoms with Gasteiger partial charge in [-0.2, -0.15) is 4.98 Å². The summed E-state index contributed by atoms with van der Waals surface area (Å²) in [7, 11) is 0. The Bertz CT molecular complexity index is 520. The average Bonchev–Trinajstić information content (AvgIpc) is 2.59. The van der Waals surface area contributed by atoms with Gasteiger partial charge in [0.25, 0.3) is 0 Å². The maximum absolute atomic E-state index is 11.7. The molecule has 0 spiro atoms. The summed E-state index contributed by atoms with van der Waals surface area (Å²) in [6.45, 7) is 1.29. The minimum atomic E-state index is -1.55. The van der Waals surface area contributed by atoms with Crippen LogP contribution in [0.5, 0.6) is 0 Å². The first-order chi connectivity index (χ1) is 8.37. The fraction of sp³-hybridized carbons (Fsp3) is 0.600. The highest BCUT2D eigenvalue weighted by atomic mass is 35.5. The van der Waals surface area contributed by atoms with Gasteiger partial charge in [0.15, 0.2) is 0 Å². The zero-order chi connectivity index (χ0) is 13.5. The van der Waals surface area contributed by atoms with Gasteiger partial charge in [0.05, 0.1) is 12.7 Å². The number of nitrogen functional groups attached to an aromatic ring is 1. The number of alkyl halides is 1. The molecule has 0 saturated carbocycles. The number of halogens is 1. The molecule has 0 amide bonds. The summed E-state index contributed by atoms with van der Waals surface area (Å²) in [6.07, 6.45) is -0.376. The molecule has 1 aliphatic heterocycles. The minimum Gasteiger partial charge on any atom is -0.394 e. The van der Waals surface area contributed by atoms with Gasteiger partial charge in [-0.25, -0.2) is 4.79 Å². The van der Waals surface area contributed by atoms with Crippen LogP contribution in [-0.4, -0.2) is 38.6 Å². The first-order valence-corrected chi connectivity index (χ1v) is 5.77. The van der Waals surface area contributed by atoms with Gasteiger partial charge in [0.2, 0.25) is 5.18 Å². The first kappa shape index (κ1) is 13.3. The SMILES string of the molecule is Cc1cn([C@@]2(Cl)C[C@H](O)[C@@H](CO)O2)c(=O)nc1N. The van der Waals surface area contributed by atoms with Crippen molar-refractivity contribution in [2.24, 2.45) is 0 Å². The van der Waals surface area contributed by atoms with Gasteiger partial charge < -0.3 is 20.7 Å². The van der Waals surface area contributed by atoms with E-state index in [1.54, 1.807) is 6.92 Å². The average molecular weight is 276 g/mol. The van der Waals surface area contributed by atoms with E-state index in [2.05, 4.69) is 4.98 Å². The molecular weight excluding hydrogens is 262 g/mol. The molecule has 100 valence electrons. The van der Waals surface area contributed by atoms with Gasteiger partial charge >= 0.3 is 5.69 Å². The molecule has 2 heterocycles. The van der Waals surface area contributed by atoms with Crippen LogP contribution in [0.4, 0.5) is 5.82 Å². The van der Waals surface area contributed by atoms with E-state index in [-0.39, 0.29) is 18.8 Å². The predicted octanol–water partition coefficient (Wildman–Crippen LogP) is -0.875. The number of hydrogen-bond donors (Lipinski definition) is 3. The third-order valence-corrected chi connectivity index (χ3v) is 3.34. The van der Waals surface area contributed by atoms with Crippen molar-refractivity contribution in [3.8, 4) is 0 Å². The molecule has 0 bridgehead atoms. The first-order valence-electron chi connectivity index (χ1n) is 5.39. The molecule has 1 aromatic rings. The molecule has 2 rings (SSSR count). The van der Waals surface area contributed by atoms with Crippen LogP contribution in [0.2, 0.25) is 0 Å². The zero-order valence-corrected chi connectivity index (χ0v) is 10.5. The molecule has 18 heavy (non-hydrogen) atoms. The molecular formula is C10H14ClN3O4. The smallest absolute Gasteiger partial charge is 0.352 e. The highest BCUT2D eigenvalue weighted by molar-refractivity contribution is 6.21. The van der Waals surface area contributed by atoms with E-state index < -0.39 is 23.1 Å². The lowest BCUT2D eigenvalue weighted by atomic mass is 10.2. The van der Waals surface area contributed by atoms with E-state index >= 15 is 0 Å². The topological polar surface area (TPSA) is 111 Å². The van der Waals surface area contributed by atoms with Crippen molar-refractivity contribution in [2.45, 2.75) is 30.7 Å². The Balaban J connectivity index is 2.43. The second-order valence-corrected chi connectivity index (χ2v) is 4.85. The van der Waals surface area contributed by atoms with E-state index in [1.807, 2.05) is 0 Å². The number of aromatic nitrogens is 2. The van der Waals surface area contributed by atoms with Crippen LogP contribution in [0.15, 0.2) is 11.0 Å². The van der Waals surface area contributed by atoms with Gasteiger partial charge in [-0.15, -0.1) is 0 Å². The van der Waals surface area contributed by atoms with Gasteiger partial charge in [-0.05, 0) is 6.92 Å². The van der Waals surface area contributed by atoms with Crippen LogP contribution in [0.1, 0.15) is 12.0 Å². The molecule has 3 atom stereocenters. The monoisotopic (exact) mass is 275 g/mol. The van der Waals surface area contributed by atoms with E-state index in [0.717, 1.165) is 4.57 Å². The van der Waals surface area contributed by atoms with Crippen LogP contribution in [0, 0.1) is 6.92 Å². The Morgan fingerprint density at radius 2 is 2.44 bits per heavy atom. The van der Waals surface area contributed by atoms with E-state index in [9.17, 15) is 9.90 Å². The highest BCUT2D eigenvalue weighted by Crippen LogP contribution is 2.37. The number of anilines is 1. The quantitative estimate of drug-likeness (QED) is 0.605. The van der Waals surface area contributed by atoms with Crippen molar-refractivity contribution in [3.63, 3.8) is 0 Å². The van der Waals surface area contributed by atoms with Gasteiger partial charge in [-0.1, -0.05) is 11.6 Å². The molecule has 8 heteroatoms. The summed E-state index contributed by atoms with van der Waals surface area (Å²) in [5.41, 5.74) is 5.42. The predicted molar refractivity (Wildman–Crippen MR) is 64.1 cm³/mol. The van der Waals surface area contributed by atoms with Crippen LogP contribution in [-0.2, 0) is 9.92 Å². The number of nitrogens with two attached hydrogens (primary N) is 1. The largest absolute Gasteiger partial charge is 0.394 e. The minimum absolute atomic E-state index is 0.0231. The number of aryl methyl sites for hydroxylation is 1. The molecule has 1 aliphatic rings. The molecule has 1 saturated heterocycles. The van der Waals surface area contributed by atoms with Gasteiger partial charge in [-0.3, -0.25) is 4.57 Å². The number of aliphatic hydroxyl groups excluding tert-OH is 2. The van der Waals surface area contributed by atoms with Crippen LogP contribution < -0.4 is 11.4 Å². The molecule has 0 aliphatic carbocycles. The number of hydrogen-bond acceptors (Lipinski definition) is 6. The van der Waals surface area contributed by atoms with E-state index in [0.29, 0.717) is 5.56 Å². The third-order valence-electron chi connectivity index (χ3n) is 2.91. The normalized spacial score (nSPS) is 31.8. The van der Waals surface area contributed by atoms with Crippen molar-refractivity contribution in [2.75, 3.05) is 12.3 Å². The summed E-state index contributed by atoms with van der Waals surface area (Å²) in [6, 6.07) is 0. The van der Waals surface area contributed by atoms with Crippen molar-refractivity contribution < 1.29 is 14.9 Å². The molecule has 7 nitrogen and oxygen atoms in total. The zero-order valence-electron chi connectivity index (χ0n) is 9.71. The maximum atomic E-state index is 11.7. The summed E-state index contributed by atoms with van der Waals surface area (Å²) >= 11 is 6.18. The summed E-state index contributed by atoms with van der Waals surface area (Å²) in [5.74, 6) is 0.119. The maximum Gasteiger partial charge on any atom is 0.352 e. The van der Waals surface area contributed by atoms with Crippen LogP contribution >= 0.6 is 11.6 Å². The second kappa shape index (κ2) is 4.51. The molecule has 0 radical (unpaired) electrons. The third kappa shape index (κ3) is 2.10. The summed E-state index contributed by atoms with van der Waals surface area (Å²) in [5, 5.41) is 17.1. The van der Waals surface area contributed by atoms with Gasteiger partial charge in [0.1, 0.15) is 11.9 Å². The lowest BCUT2D eigenvalue weighted by Gasteiger charge is -2.24.